The highest BCUT2D eigenvalue weighted by molar-refractivity contribution is 7.47. The van der Waals surface area contributed by atoms with E-state index in [-0.39, 0.29) is 25.7 Å². The summed E-state index contributed by atoms with van der Waals surface area (Å²) in [6.45, 7) is 9.55. The van der Waals surface area contributed by atoms with Gasteiger partial charge in [-0.25, -0.2) is 9.13 Å². The predicted octanol–water partition coefficient (Wildman–Crippen LogP) is 21.6. The van der Waals surface area contributed by atoms with Gasteiger partial charge in [-0.05, 0) is 37.5 Å². The number of carbonyl (C=O) groups excluding carboxylic acids is 4. The van der Waals surface area contributed by atoms with Crippen LogP contribution in [0.3, 0.4) is 0 Å². The molecule has 6 atom stereocenters. The Labute approximate surface area is 568 Å². The highest BCUT2D eigenvalue weighted by Gasteiger charge is 2.30. The van der Waals surface area contributed by atoms with Crippen LogP contribution in [0.1, 0.15) is 382 Å². The maximum Gasteiger partial charge on any atom is 0.472 e. The molecule has 0 aliphatic heterocycles. The van der Waals surface area contributed by atoms with Gasteiger partial charge in [0.05, 0.1) is 26.4 Å². The van der Waals surface area contributed by atoms with Crippen LogP contribution in [0.25, 0.3) is 0 Å². The average Bonchev–Trinajstić information content (AvgIpc) is 1.75. The molecule has 0 saturated heterocycles. The normalized spacial score (nSPS) is 14.3. The van der Waals surface area contributed by atoms with Gasteiger partial charge in [0.25, 0.3) is 0 Å². The second-order valence-electron chi connectivity index (χ2n) is 27.4. The first-order chi connectivity index (χ1) is 44.9. The van der Waals surface area contributed by atoms with Crippen LogP contribution in [-0.2, 0) is 65.4 Å². The molecule has 0 aliphatic rings. The standard InChI is InChI=1S/C74H144O17P2/c1-7-10-12-14-15-16-17-24-28-35-40-46-52-58-73(78)90-69(62-84-71(76)56-50-42-13-11-8-2)64-88-92(80,81)86-60-68(75)61-87-93(82,83)89-65-70(63-85-72(77)57-51-45-39-34-31-30-32-37-43-48-54-66(4)5)91-74(79)59-53-47-41-36-29-26-23-21-19-18-20-22-25-27-33-38-44-49-55-67(6)9-3/h66-70,75H,7-65H2,1-6H3,(H,80,81)(H,82,83)/t67?,68-,69+,70+/m0/s1. The third-order valence-corrected chi connectivity index (χ3v) is 19.5. The fourth-order valence-electron chi connectivity index (χ4n) is 11.3. The summed E-state index contributed by atoms with van der Waals surface area (Å²) >= 11 is 0. The molecule has 3 N–H and O–H groups in total. The number of hydrogen-bond donors (Lipinski definition) is 3. The Balaban J connectivity index is 5.10. The molecular formula is C74H144O17P2. The summed E-state index contributed by atoms with van der Waals surface area (Å²) in [6, 6.07) is 0. The van der Waals surface area contributed by atoms with E-state index in [1.807, 2.05) is 0 Å². The van der Waals surface area contributed by atoms with Crippen LogP contribution in [0.5, 0.6) is 0 Å². The molecule has 0 fully saturated rings. The number of aliphatic hydroxyl groups is 1. The zero-order valence-electron chi connectivity index (χ0n) is 60.6. The summed E-state index contributed by atoms with van der Waals surface area (Å²) in [5.41, 5.74) is 0. The highest BCUT2D eigenvalue weighted by Crippen LogP contribution is 2.45. The van der Waals surface area contributed by atoms with Crippen molar-refractivity contribution in [3.8, 4) is 0 Å². The van der Waals surface area contributed by atoms with Gasteiger partial charge in [0.2, 0.25) is 0 Å². The van der Waals surface area contributed by atoms with Crippen LogP contribution >= 0.6 is 15.6 Å². The fraction of sp³-hybridized carbons (Fsp3) is 0.946. The number of hydrogen-bond acceptors (Lipinski definition) is 15. The number of phosphoric ester groups is 2. The molecule has 0 aromatic heterocycles. The lowest BCUT2D eigenvalue weighted by atomic mass is 9.99. The number of esters is 4. The Hall–Kier alpha value is -1.94. The summed E-state index contributed by atoms with van der Waals surface area (Å²) in [4.78, 5) is 72.4. The molecule has 17 nitrogen and oxygen atoms in total. The van der Waals surface area contributed by atoms with Gasteiger partial charge in [-0.3, -0.25) is 37.3 Å². The van der Waals surface area contributed by atoms with E-state index in [4.69, 9.17) is 37.0 Å². The minimum atomic E-state index is -4.95. The van der Waals surface area contributed by atoms with E-state index in [2.05, 4.69) is 41.5 Å². The predicted molar refractivity (Wildman–Crippen MR) is 377 cm³/mol. The summed E-state index contributed by atoms with van der Waals surface area (Å²) < 4.78 is 68.2. The summed E-state index contributed by atoms with van der Waals surface area (Å²) in [6.07, 6.45) is 53.1. The Kier molecular flexibility index (Phi) is 64.6. The number of rotatable bonds is 73. The van der Waals surface area contributed by atoms with Gasteiger partial charge in [0.1, 0.15) is 19.3 Å². The second-order valence-corrected chi connectivity index (χ2v) is 30.3. The minimum absolute atomic E-state index is 0.107. The first-order valence-electron chi connectivity index (χ1n) is 38.5. The number of aliphatic hydroxyl groups excluding tert-OH is 1. The first-order valence-corrected chi connectivity index (χ1v) is 41.5. The third kappa shape index (κ3) is 67.0. The summed E-state index contributed by atoms with van der Waals surface area (Å²) in [7, 11) is -9.90. The Morgan fingerprint density at radius 3 is 0.817 bits per heavy atom. The number of phosphoric acid groups is 2. The van der Waals surface area contributed by atoms with Crippen molar-refractivity contribution in [1.29, 1.82) is 0 Å². The van der Waals surface area contributed by atoms with Crippen molar-refractivity contribution in [2.24, 2.45) is 11.8 Å². The fourth-order valence-corrected chi connectivity index (χ4v) is 12.8. The maximum atomic E-state index is 13.1. The van der Waals surface area contributed by atoms with Crippen molar-refractivity contribution >= 4 is 39.5 Å². The van der Waals surface area contributed by atoms with E-state index in [1.165, 1.54) is 193 Å². The van der Waals surface area contributed by atoms with Crippen LogP contribution in [0.2, 0.25) is 0 Å². The van der Waals surface area contributed by atoms with E-state index in [1.54, 1.807) is 0 Å². The van der Waals surface area contributed by atoms with Gasteiger partial charge >= 0.3 is 39.5 Å². The Morgan fingerprint density at radius 2 is 0.548 bits per heavy atom. The molecule has 0 rings (SSSR count). The smallest absolute Gasteiger partial charge is 0.462 e. The first kappa shape index (κ1) is 91.1. The van der Waals surface area contributed by atoms with Crippen molar-refractivity contribution in [2.45, 2.75) is 400 Å². The molecule has 93 heavy (non-hydrogen) atoms. The molecule has 0 saturated carbocycles. The van der Waals surface area contributed by atoms with E-state index in [0.717, 1.165) is 108 Å². The topological polar surface area (TPSA) is 237 Å². The molecule has 0 aromatic carbocycles. The van der Waals surface area contributed by atoms with Gasteiger partial charge in [0.15, 0.2) is 12.2 Å². The van der Waals surface area contributed by atoms with Gasteiger partial charge in [-0.1, -0.05) is 330 Å². The molecule has 0 radical (unpaired) electrons. The molecular weight excluding hydrogens is 1220 g/mol. The van der Waals surface area contributed by atoms with Crippen LogP contribution in [-0.4, -0.2) is 96.7 Å². The van der Waals surface area contributed by atoms with E-state index in [9.17, 15) is 43.2 Å². The van der Waals surface area contributed by atoms with Crippen LogP contribution in [0, 0.1) is 11.8 Å². The zero-order valence-corrected chi connectivity index (χ0v) is 62.3. The van der Waals surface area contributed by atoms with E-state index in [0.29, 0.717) is 25.7 Å². The molecule has 0 bridgehead atoms. The SMILES string of the molecule is CCCCCCCCCCCCCCCC(=O)O[C@H](COC(=O)CCCCCCC)COP(=O)(O)OC[C@H](O)COP(=O)(O)OC[C@@H](COC(=O)CCCCCCCCCCCCC(C)C)OC(=O)CCCCCCCCCCCCCCCCCCCCC(C)CC. The van der Waals surface area contributed by atoms with Gasteiger partial charge in [0, 0.05) is 25.7 Å². The van der Waals surface area contributed by atoms with Crippen LogP contribution < -0.4 is 0 Å². The minimum Gasteiger partial charge on any atom is -0.462 e. The van der Waals surface area contributed by atoms with Crippen molar-refractivity contribution in [1.82, 2.24) is 0 Å². The highest BCUT2D eigenvalue weighted by atomic mass is 31.2. The third-order valence-electron chi connectivity index (χ3n) is 17.6. The van der Waals surface area contributed by atoms with Gasteiger partial charge in [-0.15, -0.1) is 0 Å². The summed E-state index contributed by atoms with van der Waals surface area (Å²) in [5, 5.41) is 10.6. The number of carbonyl (C=O) groups is 4. The molecule has 19 heteroatoms. The quantitative estimate of drug-likeness (QED) is 0.0222. The van der Waals surface area contributed by atoms with Crippen molar-refractivity contribution < 1.29 is 80.2 Å². The largest absolute Gasteiger partial charge is 0.472 e. The summed E-state index contributed by atoms with van der Waals surface area (Å²) in [5.74, 6) is -0.500. The molecule has 3 unspecified atom stereocenters. The Morgan fingerprint density at radius 1 is 0.312 bits per heavy atom. The maximum absolute atomic E-state index is 13.1. The molecule has 0 aliphatic carbocycles. The zero-order chi connectivity index (χ0) is 68.6. The molecule has 0 aromatic rings. The number of ether oxygens (including phenoxy) is 4. The molecule has 0 amide bonds. The average molecular weight is 1370 g/mol. The van der Waals surface area contributed by atoms with Crippen molar-refractivity contribution in [2.75, 3.05) is 39.6 Å². The van der Waals surface area contributed by atoms with E-state index >= 15 is 0 Å². The monoisotopic (exact) mass is 1370 g/mol. The van der Waals surface area contributed by atoms with Crippen molar-refractivity contribution in [3.05, 3.63) is 0 Å². The molecule has 0 heterocycles. The van der Waals surface area contributed by atoms with Crippen LogP contribution in [0.15, 0.2) is 0 Å². The molecule has 0 spiro atoms. The Bertz CT molecular complexity index is 1810. The lowest BCUT2D eigenvalue weighted by molar-refractivity contribution is -0.161. The second kappa shape index (κ2) is 66.0. The lowest BCUT2D eigenvalue weighted by Gasteiger charge is -2.21. The lowest BCUT2D eigenvalue weighted by Crippen LogP contribution is -2.30. The van der Waals surface area contributed by atoms with Crippen molar-refractivity contribution in [3.63, 3.8) is 0 Å². The van der Waals surface area contributed by atoms with E-state index < -0.39 is 97.5 Å². The molecule has 552 valence electrons. The van der Waals surface area contributed by atoms with Crippen LogP contribution in [0.4, 0.5) is 0 Å². The van der Waals surface area contributed by atoms with Gasteiger partial charge in [-0.2, -0.15) is 0 Å². The van der Waals surface area contributed by atoms with Gasteiger partial charge < -0.3 is 33.8 Å². The number of unbranched alkanes of at least 4 members (excludes halogenated alkanes) is 42.